The lowest BCUT2D eigenvalue weighted by Gasteiger charge is -2.09. The summed E-state index contributed by atoms with van der Waals surface area (Å²) in [5.41, 5.74) is 8.53. The summed E-state index contributed by atoms with van der Waals surface area (Å²) in [6, 6.07) is 8.92. The molecule has 0 fully saturated rings. The van der Waals surface area contributed by atoms with Crippen LogP contribution in [0.3, 0.4) is 0 Å². The topological polar surface area (TPSA) is 43.8 Å². The van der Waals surface area contributed by atoms with Crippen molar-refractivity contribution in [2.75, 3.05) is 0 Å². The normalized spacial score (nSPS) is 13.0. The standard InChI is InChI=1S/C16H18FN3S/c1-3-12-8-13(20(2)19-12)9-14(18)16-6-10-4-5-11(17)7-15(10)21-16/h4-8,14H,3,9,18H2,1-2H3. The van der Waals surface area contributed by atoms with Gasteiger partial charge in [0.15, 0.2) is 0 Å². The van der Waals surface area contributed by atoms with Gasteiger partial charge in [0.1, 0.15) is 5.82 Å². The molecule has 0 radical (unpaired) electrons. The minimum absolute atomic E-state index is 0.0921. The summed E-state index contributed by atoms with van der Waals surface area (Å²) in [5.74, 6) is -0.205. The molecule has 1 atom stereocenters. The zero-order valence-electron chi connectivity index (χ0n) is 12.1. The van der Waals surface area contributed by atoms with E-state index in [1.165, 1.54) is 6.07 Å². The van der Waals surface area contributed by atoms with Gasteiger partial charge in [0.25, 0.3) is 0 Å². The molecular formula is C16H18FN3S. The molecule has 110 valence electrons. The van der Waals surface area contributed by atoms with E-state index in [9.17, 15) is 4.39 Å². The van der Waals surface area contributed by atoms with Gasteiger partial charge in [-0.2, -0.15) is 5.10 Å². The zero-order valence-corrected chi connectivity index (χ0v) is 13.0. The molecule has 0 aliphatic heterocycles. The van der Waals surface area contributed by atoms with E-state index in [1.54, 1.807) is 23.5 Å². The highest BCUT2D eigenvalue weighted by Gasteiger charge is 2.14. The molecule has 0 saturated heterocycles. The summed E-state index contributed by atoms with van der Waals surface area (Å²) in [6.07, 6.45) is 1.66. The number of aromatic nitrogens is 2. The van der Waals surface area contributed by atoms with Crippen LogP contribution in [0.5, 0.6) is 0 Å². The summed E-state index contributed by atoms with van der Waals surface area (Å²) < 4.78 is 16.1. The Morgan fingerprint density at radius 2 is 2.14 bits per heavy atom. The van der Waals surface area contributed by atoms with E-state index in [4.69, 9.17) is 5.73 Å². The molecule has 1 aromatic carbocycles. The van der Waals surface area contributed by atoms with Gasteiger partial charge in [-0.05, 0) is 36.1 Å². The predicted molar refractivity (Wildman–Crippen MR) is 85.0 cm³/mol. The van der Waals surface area contributed by atoms with Crippen LogP contribution in [0.15, 0.2) is 30.3 Å². The quantitative estimate of drug-likeness (QED) is 0.800. The number of hydrogen-bond donors (Lipinski definition) is 1. The van der Waals surface area contributed by atoms with Gasteiger partial charge in [-0.3, -0.25) is 4.68 Å². The lowest BCUT2D eigenvalue weighted by atomic mass is 10.1. The van der Waals surface area contributed by atoms with Crippen LogP contribution in [-0.2, 0) is 19.9 Å². The molecule has 0 amide bonds. The number of aryl methyl sites for hydroxylation is 2. The number of benzene rings is 1. The third kappa shape index (κ3) is 2.84. The Hall–Kier alpha value is -1.72. The maximum Gasteiger partial charge on any atom is 0.124 e. The fourth-order valence-corrected chi connectivity index (χ4v) is 3.56. The lowest BCUT2D eigenvalue weighted by Crippen LogP contribution is -2.14. The minimum Gasteiger partial charge on any atom is -0.323 e. The van der Waals surface area contributed by atoms with Crippen LogP contribution in [0.1, 0.15) is 29.2 Å². The van der Waals surface area contributed by atoms with Crippen LogP contribution in [-0.4, -0.2) is 9.78 Å². The molecule has 5 heteroatoms. The molecule has 0 bridgehead atoms. The molecule has 21 heavy (non-hydrogen) atoms. The van der Waals surface area contributed by atoms with E-state index in [1.807, 2.05) is 11.7 Å². The Labute approximate surface area is 127 Å². The Bertz CT molecular complexity index is 775. The Balaban J connectivity index is 1.85. The number of thiophene rings is 1. The van der Waals surface area contributed by atoms with Crippen LogP contribution < -0.4 is 5.73 Å². The molecule has 0 saturated carbocycles. The highest BCUT2D eigenvalue weighted by Crippen LogP contribution is 2.31. The average molecular weight is 303 g/mol. The molecule has 0 aliphatic carbocycles. The number of nitrogens with two attached hydrogens (primary N) is 1. The molecule has 2 aromatic heterocycles. The molecule has 0 spiro atoms. The van der Waals surface area contributed by atoms with Crippen LogP contribution in [0.4, 0.5) is 4.39 Å². The average Bonchev–Trinajstić information content (AvgIpc) is 3.02. The van der Waals surface area contributed by atoms with E-state index < -0.39 is 0 Å². The number of hydrogen-bond acceptors (Lipinski definition) is 3. The highest BCUT2D eigenvalue weighted by atomic mass is 32.1. The van der Waals surface area contributed by atoms with Crippen LogP contribution in [0, 0.1) is 5.82 Å². The second kappa shape index (κ2) is 5.58. The smallest absolute Gasteiger partial charge is 0.124 e. The van der Waals surface area contributed by atoms with E-state index in [0.29, 0.717) is 0 Å². The second-order valence-electron chi connectivity index (χ2n) is 5.25. The SMILES string of the molecule is CCc1cc(CC(N)c2cc3ccc(F)cc3s2)n(C)n1. The monoisotopic (exact) mass is 303 g/mol. The number of fused-ring (bicyclic) bond motifs is 1. The summed E-state index contributed by atoms with van der Waals surface area (Å²) in [6.45, 7) is 2.09. The third-order valence-electron chi connectivity index (χ3n) is 3.69. The Morgan fingerprint density at radius 1 is 1.33 bits per heavy atom. The van der Waals surface area contributed by atoms with Gasteiger partial charge in [0.05, 0.1) is 5.69 Å². The second-order valence-corrected chi connectivity index (χ2v) is 6.36. The molecule has 0 aliphatic rings. The van der Waals surface area contributed by atoms with Crippen LogP contribution in [0.2, 0.25) is 0 Å². The van der Waals surface area contributed by atoms with Crippen molar-refractivity contribution >= 4 is 21.4 Å². The fourth-order valence-electron chi connectivity index (χ4n) is 2.47. The summed E-state index contributed by atoms with van der Waals surface area (Å²) in [4.78, 5) is 1.08. The number of rotatable bonds is 4. The first-order chi connectivity index (χ1) is 10.1. The van der Waals surface area contributed by atoms with Gasteiger partial charge in [-0.25, -0.2) is 4.39 Å². The lowest BCUT2D eigenvalue weighted by molar-refractivity contribution is 0.630. The Morgan fingerprint density at radius 3 is 2.86 bits per heavy atom. The van der Waals surface area contributed by atoms with Crippen molar-refractivity contribution in [3.8, 4) is 0 Å². The van der Waals surface area contributed by atoms with Crippen molar-refractivity contribution in [3.63, 3.8) is 0 Å². The molecule has 2 heterocycles. The minimum atomic E-state index is -0.205. The van der Waals surface area contributed by atoms with Gasteiger partial charge in [-0.1, -0.05) is 13.0 Å². The van der Waals surface area contributed by atoms with Crippen molar-refractivity contribution in [2.45, 2.75) is 25.8 Å². The van der Waals surface area contributed by atoms with Gasteiger partial charge >= 0.3 is 0 Å². The number of halogens is 1. The van der Waals surface area contributed by atoms with Crippen molar-refractivity contribution in [1.29, 1.82) is 0 Å². The number of nitrogens with zero attached hydrogens (tertiary/aromatic N) is 2. The van der Waals surface area contributed by atoms with E-state index in [0.717, 1.165) is 39.2 Å². The maximum absolute atomic E-state index is 13.3. The first-order valence-electron chi connectivity index (χ1n) is 7.03. The van der Waals surface area contributed by atoms with E-state index in [2.05, 4.69) is 24.2 Å². The Kier molecular flexibility index (Phi) is 3.78. The van der Waals surface area contributed by atoms with Crippen molar-refractivity contribution in [3.05, 3.63) is 52.4 Å². The van der Waals surface area contributed by atoms with E-state index in [-0.39, 0.29) is 11.9 Å². The van der Waals surface area contributed by atoms with Crippen LogP contribution in [0.25, 0.3) is 10.1 Å². The third-order valence-corrected chi connectivity index (χ3v) is 4.92. The molecule has 3 nitrogen and oxygen atoms in total. The molecule has 2 N–H and O–H groups in total. The van der Waals surface area contributed by atoms with Gasteiger partial charge < -0.3 is 5.73 Å². The van der Waals surface area contributed by atoms with Gasteiger partial charge in [0, 0.05) is 34.8 Å². The van der Waals surface area contributed by atoms with Gasteiger partial charge in [0.2, 0.25) is 0 Å². The molecule has 3 aromatic rings. The maximum atomic E-state index is 13.3. The first kappa shape index (κ1) is 14.2. The van der Waals surface area contributed by atoms with Crippen molar-refractivity contribution in [2.24, 2.45) is 12.8 Å². The predicted octanol–water partition coefficient (Wildman–Crippen LogP) is 3.58. The molecular weight excluding hydrogens is 285 g/mol. The van der Waals surface area contributed by atoms with Gasteiger partial charge in [-0.15, -0.1) is 11.3 Å². The van der Waals surface area contributed by atoms with Crippen molar-refractivity contribution < 1.29 is 4.39 Å². The van der Waals surface area contributed by atoms with Crippen molar-refractivity contribution in [1.82, 2.24) is 9.78 Å². The molecule has 1 unspecified atom stereocenters. The summed E-state index contributed by atoms with van der Waals surface area (Å²) in [7, 11) is 1.95. The zero-order chi connectivity index (χ0) is 15.0. The molecule has 3 rings (SSSR count). The summed E-state index contributed by atoms with van der Waals surface area (Å²) >= 11 is 1.56. The highest BCUT2D eigenvalue weighted by molar-refractivity contribution is 7.19. The van der Waals surface area contributed by atoms with Crippen LogP contribution >= 0.6 is 11.3 Å². The largest absolute Gasteiger partial charge is 0.323 e. The summed E-state index contributed by atoms with van der Waals surface area (Å²) in [5, 5.41) is 5.49. The first-order valence-corrected chi connectivity index (χ1v) is 7.85. The van der Waals surface area contributed by atoms with E-state index >= 15 is 0 Å². The fraction of sp³-hybridized carbons (Fsp3) is 0.312.